The Balaban J connectivity index is 1.74. The topological polar surface area (TPSA) is 111 Å². The molecule has 8 nitrogen and oxygen atoms in total. The summed E-state index contributed by atoms with van der Waals surface area (Å²) >= 11 is 3.34. The zero-order chi connectivity index (χ0) is 24.2. The molecule has 34 heavy (non-hydrogen) atoms. The fraction of sp³-hybridized carbons (Fsp3) is 0.217. The summed E-state index contributed by atoms with van der Waals surface area (Å²) in [4.78, 5) is 36.6. The smallest absolute Gasteiger partial charge is 0.265 e. The van der Waals surface area contributed by atoms with E-state index in [1.807, 2.05) is 6.92 Å². The lowest BCUT2D eigenvalue weighted by Crippen LogP contribution is -2.35. The molecule has 1 atom stereocenters. The van der Waals surface area contributed by atoms with Crippen LogP contribution in [0, 0.1) is 0 Å². The highest BCUT2D eigenvalue weighted by atomic mass is 79.9. The zero-order valence-corrected chi connectivity index (χ0v) is 19.7. The van der Waals surface area contributed by atoms with Crippen LogP contribution in [-0.2, 0) is 6.54 Å². The van der Waals surface area contributed by atoms with E-state index in [-0.39, 0.29) is 18.0 Å². The van der Waals surface area contributed by atoms with E-state index in [4.69, 9.17) is 5.73 Å². The van der Waals surface area contributed by atoms with Gasteiger partial charge >= 0.3 is 0 Å². The molecule has 0 bridgehead atoms. The molecule has 0 aliphatic rings. The number of carbonyl (C=O) groups excluding carboxylic acids is 1. The molecule has 0 saturated carbocycles. The molecular formula is C23H20BrF2N7O. The minimum Gasteiger partial charge on any atom is -0.383 e. The third kappa shape index (κ3) is 4.98. The normalized spacial score (nSPS) is 12.1. The van der Waals surface area contributed by atoms with Gasteiger partial charge in [-0.3, -0.25) is 9.78 Å². The fourth-order valence-corrected chi connectivity index (χ4v) is 3.85. The monoisotopic (exact) mass is 527 g/mol. The van der Waals surface area contributed by atoms with Gasteiger partial charge < -0.3 is 10.6 Å². The fourth-order valence-electron chi connectivity index (χ4n) is 3.52. The summed E-state index contributed by atoms with van der Waals surface area (Å²) in [6, 6.07) is 7.44. The van der Waals surface area contributed by atoms with Crippen molar-refractivity contribution < 1.29 is 13.6 Å². The maximum atomic E-state index is 13.7. The lowest BCUT2D eigenvalue weighted by atomic mass is 10.1. The zero-order valence-electron chi connectivity index (χ0n) is 18.1. The van der Waals surface area contributed by atoms with Gasteiger partial charge in [0.15, 0.2) is 11.5 Å². The van der Waals surface area contributed by atoms with E-state index in [0.29, 0.717) is 44.8 Å². The number of halogens is 3. The highest BCUT2D eigenvalue weighted by Crippen LogP contribution is 2.28. The number of alkyl halides is 2. The summed E-state index contributed by atoms with van der Waals surface area (Å²) in [5.74, 6) is 0.432. The maximum absolute atomic E-state index is 13.7. The summed E-state index contributed by atoms with van der Waals surface area (Å²) in [6.07, 6.45) is 3.67. The summed E-state index contributed by atoms with van der Waals surface area (Å²) in [5, 5.41) is 0.635. The number of amides is 1. The van der Waals surface area contributed by atoms with Gasteiger partial charge in [-0.25, -0.2) is 28.7 Å². The Morgan fingerprint density at radius 1 is 1.12 bits per heavy atom. The molecule has 1 amide bonds. The van der Waals surface area contributed by atoms with Gasteiger partial charge in [-0.15, -0.1) is 0 Å². The van der Waals surface area contributed by atoms with E-state index in [9.17, 15) is 13.6 Å². The van der Waals surface area contributed by atoms with Gasteiger partial charge in [0.1, 0.15) is 5.82 Å². The largest absolute Gasteiger partial charge is 0.383 e. The molecule has 4 aromatic rings. The molecule has 0 saturated heterocycles. The van der Waals surface area contributed by atoms with Gasteiger partial charge in [0, 0.05) is 35.7 Å². The Morgan fingerprint density at radius 3 is 2.53 bits per heavy atom. The Bertz CT molecular complexity index is 1310. The second-order valence-corrected chi connectivity index (χ2v) is 8.33. The average Bonchev–Trinajstić information content (AvgIpc) is 2.85. The van der Waals surface area contributed by atoms with E-state index >= 15 is 0 Å². The van der Waals surface area contributed by atoms with Crippen LogP contribution in [0.25, 0.3) is 11.0 Å². The van der Waals surface area contributed by atoms with Crippen LogP contribution in [0.1, 0.15) is 53.3 Å². The van der Waals surface area contributed by atoms with Crippen LogP contribution in [0.2, 0.25) is 0 Å². The van der Waals surface area contributed by atoms with E-state index in [1.165, 1.54) is 18.3 Å². The molecule has 11 heteroatoms. The van der Waals surface area contributed by atoms with Crippen molar-refractivity contribution in [2.75, 3.05) is 5.73 Å². The number of nitrogens with zero attached hydrogens (tertiary/aromatic N) is 6. The molecule has 0 aromatic carbocycles. The van der Waals surface area contributed by atoms with Gasteiger partial charge in [-0.1, -0.05) is 6.92 Å². The highest BCUT2D eigenvalue weighted by Gasteiger charge is 2.28. The number of pyridine rings is 3. The first-order valence-electron chi connectivity index (χ1n) is 10.4. The molecule has 0 radical (unpaired) electrons. The summed E-state index contributed by atoms with van der Waals surface area (Å²) in [5.41, 5.74) is 6.83. The van der Waals surface area contributed by atoms with E-state index in [0.717, 1.165) is 6.20 Å². The first kappa shape index (κ1) is 23.6. The van der Waals surface area contributed by atoms with Gasteiger partial charge in [-0.2, -0.15) is 0 Å². The second-order valence-electron chi connectivity index (χ2n) is 7.47. The minimum atomic E-state index is -2.62. The Hall–Kier alpha value is -3.60. The van der Waals surface area contributed by atoms with E-state index < -0.39 is 12.5 Å². The van der Waals surface area contributed by atoms with Crippen LogP contribution >= 0.6 is 15.9 Å². The molecule has 174 valence electrons. The number of fused-ring (bicyclic) bond motifs is 1. The second kappa shape index (κ2) is 10.1. The number of aromatic nitrogens is 5. The lowest BCUT2D eigenvalue weighted by molar-refractivity contribution is 0.0639. The quantitative estimate of drug-likeness (QED) is 0.364. The molecule has 0 spiro atoms. The highest BCUT2D eigenvalue weighted by molar-refractivity contribution is 9.10. The van der Waals surface area contributed by atoms with E-state index in [1.54, 1.807) is 35.5 Å². The van der Waals surface area contributed by atoms with E-state index in [2.05, 4.69) is 40.8 Å². The summed E-state index contributed by atoms with van der Waals surface area (Å²) in [6.45, 7) is 1.98. The number of nitrogen functional groups attached to an aromatic ring is 1. The van der Waals surface area contributed by atoms with Crippen molar-refractivity contribution in [1.82, 2.24) is 29.8 Å². The number of nitrogens with two attached hydrogens (primary N) is 1. The SMILES string of the molecule is CC[C@H](c1ncccn1)N(Cc1ccc(C(F)F)cn1)C(=O)c1cnc2nc(N)c(Br)cc2c1. The van der Waals surface area contributed by atoms with Crippen molar-refractivity contribution in [3.8, 4) is 0 Å². The van der Waals surface area contributed by atoms with Gasteiger partial charge in [0.05, 0.1) is 28.3 Å². The van der Waals surface area contributed by atoms with Crippen LogP contribution in [0.3, 0.4) is 0 Å². The predicted octanol–water partition coefficient (Wildman–Crippen LogP) is 4.89. The third-order valence-electron chi connectivity index (χ3n) is 5.23. The van der Waals surface area contributed by atoms with Gasteiger partial charge in [-0.05, 0) is 52.7 Å². The predicted molar refractivity (Wildman–Crippen MR) is 126 cm³/mol. The standard InChI is InChI=1S/C23H20BrF2N7O/c1-2-18(22-28-6-3-7-29-22)33(12-16-5-4-13(10-30-16)19(25)26)23(34)15-8-14-9-17(24)20(27)32-21(14)31-11-15/h3-11,18-19H,2,12H2,1H3,(H2,27,31,32)/t18-/m1/s1. The molecule has 0 aliphatic carbocycles. The summed E-state index contributed by atoms with van der Waals surface area (Å²) < 4.78 is 26.5. The van der Waals surface area contributed by atoms with Crippen molar-refractivity contribution >= 4 is 38.7 Å². The number of anilines is 1. The Morgan fingerprint density at radius 2 is 1.88 bits per heavy atom. The van der Waals surface area contributed by atoms with Crippen LogP contribution in [-0.4, -0.2) is 35.7 Å². The van der Waals surface area contributed by atoms with Crippen LogP contribution in [0.5, 0.6) is 0 Å². The van der Waals surface area contributed by atoms with Gasteiger partial charge in [0.2, 0.25) is 0 Å². The Labute approximate surface area is 202 Å². The first-order chi connectivity index (χ1) is 16.4. The molecular weight excluding hydrogens is 508 g/mol. The maximum Gasteiger partial charge on any atom is 0.265 e. The van der Waals surface area contributed by atoms with Crippen molar-refractivity contribution in [2.45, 2.75) is 32.4 Å². The van der Waals surface area contributed by atoms with Gasteiger partial charge in [0.25, 0.3) is 12.3 Å². The molecule has 4 heterocycles. The van der Waals surface area contributed by atoms with Crippen LogP contribution in [0.4, 0.5) is 14.6 Å². The number of hydrogen-bond acceptors (Lipinski definition) is 7. The van der Waals surface area contributed by atoms with Crippen molar-refractivity contribution in [3.63, 3.8) is 0 Å². The molecule has 2 N–H and O–H groups in total. The van der Waals surface area contributed by atoms with Crippen molar-refractivity contribution in [1.29, 1.82) is 0 Å². The molecule has 0 unspecified atom stereocenters. The first-order valence-corrected chi connectivity index (χ1v) is 11.2. The van der Waals surface area contributed by atoms with Crippen LogP contribution < -0.4 is 5.73 Å². The molecule has 0 fully saturated rings. The lowest BCUT2D eigenvalue weighted by Gasteiger charge is -2.30. The average molecular weight is 528 g/mol. The number of carbonyl (C=O) groups is 1. The molecule has 0 aliphatic heterocycles. The molecule has 4 aromatic heterocycles. The van der Waals surface area contributed by atoms with Crippen molar-refractivity contribution in [2.24, 2.45) is 0 Å². The van der Waals surface area contributed by atoms with Crippen LogP contribution in [0.15, 0.2) is 59.6 Å². The minimum absolute atomic E-state index is 0.0703. The Kier molecular flexibility index (Phi) is 7.01. The third-order valence-corrected chi connectivity index (χ3v) is 5.87. The van der Waals surface area contributed by atoms with Crippen molar-refractivity contribution in [3.05, 3.63) is 82.2 Å². The number of hydrogen-bond donors (Lipinski definition) is 1. The summed E-state index contributed by atoms with van der Waals surface area (Å²) in [7, 11) is 0. The molecule has 4 rings (SSSR count). The number of rotatable bonds is 7.